The molecular weight excluding hydrogens is 390 g/mol. The summed E-state index contributed by atoms with van der Waals surface area (Å²) in [6.07, 6.45) is 2.18. The molecule has 0 aliphatic rings. The number of phosphoric acid groups is 1. The van der Waals surface area contributed by atoms with Crippen molar-refractivity contribution >= 4 is 30.6 Å². The fourth-order valence-corrected chi connectivity index (χ4v) is 12.3. The van der Waals surface area contributed by atoms with Crippen molar-refractivity contribution in [3.63, 3.8) is 0 Å². The van der Waals surface area contributed by atoms with Crippen LogP contribution in [0, 0.1) is 0 Å². The molecule has 0 radical (unpaired) electrons. The van der Waals surface area contributed by atoms with Crippen molar-refractivity contribution in [2.24, 2.45) is 0 Å². The average molecular weight is 416 g/mol. The van der Waals surface area contributed by atoms with Gasteiger partial charge < -0.3 is 0 Å². The molecule has 3 rings (SSSR count). The van der Waals surface area contributed by atoms with Crippen molar-refractivity contribution in [1.82, 2.24) is 0 Å². The molecule has 0 heterocycles. The average Bonchev–Trinajstić information content (AvgIpc) is 2.72. The monoisotopic (exact) mass is 416 g/mol. The van der Waals surface area contributed by atoms with Crippen LogP contribution in [0.15, 0.2) is 91.0 Å². The van der Waals surface area contributed by atoms with Crippen LogP contribution in [0.25, 0.3) is 0 Å². The van der Waals surface area contributed by atoms with Crippen LogP contribution in [0.2, 0.25) is 0 Å². The van der Waals surface area contributed by atoms with Gasteiger partial charge in [-0.2, -0.15) is 0 Å². The summed E-state index contributed by atoms with van der Waals surface area (Å²) in [6.45, 7) is -1.84. The summed E-state index contributed by atoms with van der Waals surface area (Å²) in [4.78, 5) is 20.2. The molecule has 0 saturated carbocycles. The van der Waals surface area contributed by atoms with Gasteiger partial charge in [-0.25, -0.2) is 0 Å². The summed E-state index contributed by atoms with van der Waals surface area (Å²) in [5.74, 6) is 0. The molecule has 28 heavy (non-hydrogen) atoms. The summed E-state index contributed by atoms with van der Waals surface area (Å²) in [5, 5.41) is 2.47. The van der Waals surface area contributed by atoms with Crippen LogP contribution in [0.5, 0.6) is 0 Å². The van der Waals surface area contributed by atoms with Crippen LogP contribution in [0.1, 0.15) is 19.8 Å². The first kappa shape index (κ1) is 20.9. The first-order chi connectivity index (χ1) is 13.4. The van der Waals surface area contributed by atoms with Gasteiger partial charge in [0.1, 0.15) is 0 Å². The molecule has 0 spiro atoms. The van der Waals surface area contributed by atoms with Crippen molar-refractivity contribution in [3.05, 3.63) is 91.0 Å². The number of benzene rings is 3. The first-order valence-corrected chi connectivity index (χ1v) is 13.2. The van der Waals surface area contributed by atoms with E-state index in [4.69, 9.17) is 4.31 Å². The molecule has 0 aromatic heterocycles. The molecular formula is C22H26O4P2. The molecule has 4 nitrogen and oxygen atoms in total. The third-order valence-electron chi connectivity index (χ3n) is 5.13. The predicted octanol–water partition coefficient (Wildman–Crippen LogP) is 4.34. The quantitative estimate of drug-likeness (QED) is 0.536. The molecule has 0 amide bonds. The van der Waals surface area contributed by atoms with Crippen LogP contribution in [-0.2, 0) is 8.88 Å². The Morgan fingerprint density at radius 3 is 1.39 bits per heavy atom. The number of hydrogen-bond donors (Lipinski definition) is 2. The van der Waals surface area contributed by atoms with Gasteiger partial charge in [0.25, 0.3) is 0 Å². The van der Waals surface area contributed by atoms with Crippen molar-refractivity contribution in [2.75, 3.05) is 6.16 Å². The third kappa shape index (κ3) is 3.72. The fraction of sp³-hybridized carbons (Fsp3) is 0.182. The van der Waals surface area contributed by atoms with E-state index >= 15 is 0 Å². The van der Waals surface area contributed by atoms with E-state index in [1.165, 1.54) is 0 Å². The Morgan fingerprint density at radius 2 is 1.11 bits per heavy atom. The van der Waals surface area contributed by atoms with Gasteiger partial charge in [0, 0.05) is 0 Å². The van der Waals surface area contributed by atoms with Crippen LogP contribution in [0.3, 0.4) is 0 Å². The van der Waals surface area contributed by atoms with Gasteiger partial charge in [-0.1, -0.05) is 0 Å². The van der Waals surface area contributed by atoms with E-state index in [2.05, 4.69) is 6.92 Å². The van der Waals surface area contributed by atoms with Crippen molar-refractivity contribution in [3.8, 4) is 0 Å². The zero-order valence-corrected chi connectivity index (χ0v) is 17.7. The van der Waals surface area contributed by atoms with Crippen LogP contribution in [0.4, 0.5) is 0 Å². The Bertz CT molecular complexity index is 841. The zero-order valence-electron chi connectivity index (χ0n) is 15.9. The van der Waals surface area contributed by atoms with Crippen LogP contribution < -0.4 is 15.9 Å². The molecule has 0 saturated heterocycles. The molecule has 0 aliphatic heterocycles. The first-order valence-electron chi connectivity index (χ1n) is 9.37. The number of hydrogen-bond acceptors (Lipinski definition) is 2. The van der Waals surface area contributed by atoms with Crippen molar-refractivity contribution < 1.29 is 18.7 Å². The molecule has 0 fully saturated rings. The van der Waals surface area contributed by atoms with Crippen LogP contribution in [-0.4, -0.2) is 15.9 Å². The molecule has 148 valence electrons. The van der Waals surface area contributed by atoms with E-state index in [1.807, 2.05) is 91.0 Å². The summed E-state index contributed by atoms with van der Waals surface area (Å²) in [7, 11) is -4.83. The zero-order chi connectivity index (χ0) is 20.1. The molecule has 2 N–H and O–H groups in total. The molecule has 6 heteroatoms. The Hall–Kier alpha value is -1.80. The Kier molecular flexibility index (Phi) is 6.19. The Morgan fingerprint density at radius 1 is 0.750 bits per heavy atom. The minimum atomic E-state index is -4.83. The van der Waals surface area contributed by atoms with Gasteiger partial charge in [-0.3, -0.25) is 0 Å². The summed E-state index contributed by atoms with van der Waals surface area (Å²) < 4.78 is 18.5. The molecule has 3 aromatic rings. The maximum absolute atomic E-state index is 12.4. The molecule has 0 aliphatic carbocycles. The van der Waals surface area contributed by atoms with Gasteiger partial charge in [-0.05, 0) is 0 Å². The molecule has 0 bridgehead atoms. The van der Waals surface area contributed by atoms with Gasteiger partial charge in [0.2, 0.25) is 0 Å². The van der Waals surface area contributed by atoms with Gasteiger partial charge in [-0.15, -0.1) is 0 Å². The Balaban J connectivity index is 2.52. The molecule has 0 atom stereocenters. The van der Waals surface area contributed by atoms with Crippen molar-refractivity contribution in [2.45, 2.75) is 19.8 Å². The van der Waals surface area contributed by atoms with E-state index in [0.29, 0.717) is 6.16 Å². The Labute approximate surface area is 166 Å². The summed E-state index contributed by atoms with van der Waals surface area (Å²) in [6, 6.07) is 28.7. The van der Waals surface area contributed by atoms with E-state index < -0.39 is 14.7 Å². The van der Waals surface area contributed by atoms with Crippen LogP contribution >= 0.6 is 14.7 Å². The third-order valence-corrected chi connectivity index (χ3v) is 12.8. The second-order valence-corrected chi connectivity index (χ2v) is 12.9. The van der Waals surface area contributed by atoms with Gasteiger partial charge in [0.15, 0.2) is 0 Å². The predicted molar refractivity (Wildman–Crippen MR) is 118 cm³/mol. The van der Waals surface area contributed by atoms with Crippen molar-refractivity contribution in [1.29, 1.82) is 0 Å². The fourth-order valence-electron chi connectivity index (χ4n) is 3.94. The SMILES string of the molecule is CCCCP(OP(=O)(O)O)(c1ccccc1)(c1ccccc1)c1ccccc1. The van der Waals surface area contributed by atoms with E-state index in [1.54, 1.807) is 0 Å². The summed E-state index contributed by atoms with van der Waals surface area (Å²) in [5.41, 5.74) is 0. The maximum atomic E-state index is 12.4. The number of unbranched alkanes of at least 4 members (excludes halogenated alkanes) is 1. The second kappa shape index (κ2) is 8.29. The topological polar surface area (TPSA) is 66.8 Å². The second-order valence-electron chi connectivity index (χ2n) is 6.87. The van der Waals surface area contributed by atoms with Gasteiger partial charge in [0.05, 0.1) is 0 Å². The summed E-state index contributed by atoms with van der Waals surface area (Å²) >= 11 is 0. The van der Waals surface area contributed by atoms with E-state index in [-0.39, 0.29) is 0 Å². The van der Waals surface area contributed by atoms with Gasteiger partial charge >= 0.3 is 166 Å². The molecule has 0 unspecified atom stereocenters. The van der Waals surface area contributed by atoms with E-state index in [9.17, 15) is 14.4 Å². The number of rotatable bonds is 8. The molecule has 3 aromatic carbocycles. The normalized spacial score (nSPS) is 13.6. The standard InChI is InChI=1S/C22H26O4P2/c1-2-3-19-28(26-27(23,24)25,20-13-7-4-8-14-20,21-15-9-5-10-16-21)22-17-11-6-12-18-22/h4-18H,2-3,19H2,1H3,(H2,23,24,25). The van der Waals surface area contributed by atoms with E-state index in [0.717, 1.165) is 28.8 Å². The minimum absolute atomic E-state index is 0.519.